The Labute approximate surface area is 232 Å². The fourth-order valence-electron chi connectivity index (χ4n) is 5.18. The topological polar surface area (TPSA) is 49.3 Å². The molecule has 1 amide bonds. The second-order valence-electron chi connectivity index (χ2n) is 11.6. The maximum absolute atomic E-state index is 13.3. The van der Waals surface area contributed by atoms with Crippen molar-refractivity contribution in [2.45, 2.75) is 46.5 Å². The Kier molecular flexibility index (Phi) is 7.51. The zero-order valence-corrected chi connectivity index (χ0v) is 23.7. The van der Waals surface area contributed by atoms with E-state index in [1.807, 2.05) is 23.1 Å². The number of nitrogens with zero attached hydrogens (tertiary/aromatic N) is 4. The van der Waals surface area contributed by atoms with Gasteiger partial charge in [0.05, 0.1) is 0 Å². The molecule has 2 heterocycles. The van der Waals surface area contributed by atoms with E-state index in [1.54, 1.807) is 0 Å². The normalized spacial score (nSPS) is 14.0. The van der Waals surface area contributed by atoms with Gasteiger partial charge in [0.1, 0.15) is 5.82 Å². The van der Waals surface area contributed by atoms with E-state index >= 15 is 0 Å². The van der Waals surface area contributed by atoms with Gasteiger partial charge < -0.3 is 9.80 Å². The zero-order valence-electron chi connectivity index (χ0n) is 23.7. The van der Waals surface area contributed by atoms with Crippen molar-refractivity contribution >= 4 is 11.7 Å². The van der Waals surface area contributed by atoms with E-state index in [2.05, 4.69) is 100 Å². The predicted molar refractivity (Wildman–Crippen MR) is 159 cm³/mol. The lowest BCUT2D eigenvalue weighted by Gasteiger charge is -2.36. The molecule has 1 fully saturated rings. The molecule has 0 aliphatic carbocycles. The summed E-state index contributed by atoms with van der Waals surface area (Å²) in [5.41, 5.74) is 7.65. The van der Waals surface area contributed by atoms with E-state index in [-0.39, 0.29) is 11.3 Å². The summed E-state index contributed by atoms with van der Waals surface area (Å²) in [5.74, 6) is 1.82. The minimum absolute atomic E-state index is 0.0671. The molecule has 4 aromatic rings. The van der Waals surface area contributed by atoms with Gasteiger partial charge in [-0.3, -0.25) is 4.79 Å². The van der Waals surface area contributed by atoms with Crippen LogP contribution in [-0.2, 0) is 11.8 Å². The summed E-state index contributed by atoms with van der Waals surface area (Å²) in [4.78, 5) is 27.7. The highest BCUT2D eigenvalue weighted by molar-refractivity contribution is 5.94. The van der Waals surface area contributed by atoms with Crippen molar-refractivity contribution in [3.05, 3.63) is 112 Å². The molecule has 3 aromatic carbocycles. The van der Waals surface area contributed by atoms with Crippen molar-refractivity contribution in [3.8, 4) is 11.4 Å². The van der Waals surface area contributed by atoms with Crippen LogP contribution in [0.3, 0.4) is 0 Å². The molecule has 0 radical (unpaired) electrons. The Morgan fingerprint density at radius 2 is 1.51 bits per heavy atom. The van der Waals surface area contributed by atoms with Gasteiger partial charge in [0.2, 0.25) is 0 Å². The van der Waals surface area contributed by atoms with Gasteiger partial charge in [-0.15, -0.1) is 0 Å². The quantitative estimate of drug-likeness (QED) is 0.298. The van der Waals surface area contributed by atoms with Crippen LogP contribution in [0.2, 0.25) is 0 Å². The third-order valence-electron chi connectivity index (χ3n) is 7.56. The number of carbonyl (C=O) groups excluding carboxylic acids is 1. The number of rotatable bonds is 5. The molecule has 5 nitrogen and oxygen atoms in total. The highest BCUT2D eigenvalue weighted by atomic mass is 16.2. The van der Waals surface area contributed by atoms with Crippen LogP contribution in [-0.4, -0.2) is 47.0 Å². The molecular weight excluding hydrogens is 480 g/mol. The molecule has 1 aliphatic rings. The number of amides is 1. The van der Waals surface area contributed by atoms with Gasteiger partial charge in [-0.05, 0) is 48.6 Å². The molecular formula is C34H38N4O. The van der Waals surface area contributed by atoms with Crippen LogP contribution in [0.15, 0.2) is 78.9 Å². The van der Waals surface area contributed by atoms with E-state index in [0.29, 0.717) is 13.1 Å². The van der Waals surface area contributed by atoms with Crippen LogP contribution >= 0.6 is 0 Å². The molecule has 5 rings (SSSR count). The van der Waals surface area contributed by atoms with E-state index in [9.17, 15) is 4.79 Å². The summed E-state index contributed by atoms with van der Waals surface area (Å²) in [6.45, 7) is 13.5. The SMILES string of the molecule is Cc1cccc(-c2nc(C)c(Cc3ccccc3)c(N3CCN(C(=O)c4ccc(C(C)(C)C)cc4)CC3)n2)c1. The van der Waals surface area contributed by atoms with Gasteiger partial charge in [-0.25, -0.2) is 9.97 Å². The van der Waals surface area contributed by atoms with Gasteiger partial charge in [-0.2, -0.15) is 0 Å². The van der Waals surface area contributed by atoms with Gasteiger partial charge in [0, 0.05) is 55.0 Å². The molecule has 0 atom stereocenters. The van der Waals surface area contributed by atoms with Crippen molar-refractivity contribution in [1.29, 1.82) is 0 Å². The number of anilines is 1. The monoisotopic (exact) mass is 518 g/mol. The summed E-state index contributed by atoms with van der Waals surface area (Å²) < 4.78 is 0. The van der Waals surface area contributed by atoms with Crippen LogP contribution < -0.4 is 4.90 Å². The predicted octanol–water partition coefficient (Wildman–Crippen LogP) is 6.61. The molecule has 200 valence electrons. The second kappa shape index (κ2) is 11.0. The summed E-state index contributed by atoms with van der Waals surface area (Å²) >= 11 is 0. The van der Waals surface area contributed by atoms with Crippen molar-refractivity contribution in [1.82, 2.24) is 14.9 Å². The van der Waals surface area contributed by atoms with Crippen molar-refractivity contribution in [2.75, 3.05) is 31.1 Å². The zero-order chi connectivity index (χ0) is 27.6. The molecule has 1 aromatic heterocycles. The third kappa shape index (κ3) is 6.03. The summed E-state index contributed by atoms with van der Waals surface area (Å²) in [5, 5.41) is 0. The van der Waals surface area contributed by atoms with Crippen LogP contribution in [0, 0.1) is 13.8 Å². The number of piperazine rings is 1. The van der Waals surface area contributed by atoms with Crippen LogP contribution in [0.1, 0.15) is 59.1 Å². The number of aryl methyl sites for hydroxylation is 2. The molecule has 0 unspecified atom stereocenters. The Balaban J connectivity index is 1.40. The average Bonchev–Trinajstić information content (AvgIpc) is 2.94. The Morgan fingerprint density at radius 1 is 0.821 bits per heavy atom. The molecule has 5 heteroatoms. The first-order valence-electron chi connectivity index (χ1n) is 13.8. The Hall–Kier alpha value is -3.99. The maximum Gasteiger partial charge on any atom is 0.253 e. The first-order valence-corrected chi connectivity index (χ1v) is 13.8. The molecule has 0 saturated carbocycles. The van der Waals surface area contributed by atoms with Crippen molar-refractivity contribution in [3.63, 3.8) is 0 Å². The number of hydrogen-bond donors (Lipinski definition) is 0. The lowest BCUT2D eigenvalue weighted by atomic mass is 9.86. The maximum atomic E-state index is 13.3. The first kappa shape index (κ1) is 26.6. The molecule has 39 heavy (non-hydrogen) atoms. The second-order valence-corrected chi connectivity index (χ2v) is 11.6. The Morgan fingerprint density at radius 3 is 2.15 bits per heavy atom. The van der Waals surface area contributed by atoms with Crippen LogP contribution in [0.5, 0.6) is 0 Å². The smallest absolute Gasteiger partial charge is 0.253 e. The summed E-state index contributed by atoms with van der Waals surface area (Å²) in [6.07, 6.45) is 0.773. The highest BCUT2D eigenvalue weighted by Gasteiger charge is 2.26. The van der Waals surface area contributed by atoms with Crippen LogP contribution in [0.25, 0.3) is 11.4 Å². The highest BCUT2D eigenvalue weighted by Crippen LogP contribution is 2.29. The van der Waals surface area contributed by atoms with Crippen molar-refractivity contribution in [2.24, 2.45) is 0 Å². The lowest BCUT2D eigenvalue weighted by molar-refractivity contribution is 0.0746. The molecule has 1 saturated heterocycles. The van der Waals surface area contributed by atoms with Crippen LogP contribution in [0.4, 0.5) is 5.82 Å². The minimum atomic E-state index is 0.0671. The molecule has 0 spiro atoms. The minimum Gasteiger partial charge on any atom is -0.353 e. The van der Waals surface area contributed by atoms with E-state index < -0.39 is 0 Å². The third-order valence-corrected chi connectivity index (χ3v) is 7.56. The number of hydrogen-bond acceptors (Lipinski definition) is 4. The van der Waals surface area contributed by atoms with Gasteiger partial charge in [0.15, 0.2) is 5.82 Å². The van der Waals surface area contributed by atoms with Crippen molar-refractivity contribution < 1.29 is 4.79 Å². The van der Waals surface area contributed by atoms with E-state index in [0.717, 1.165) is 53.5 Å². The summed E-state index contributed by atoms with van der Waals surface area (Å²) in [6, 6.07) is 26.9. The molecule has 1 aliphatic heterocycles. The molecule has 0 N–H and O–H groups in total. The summed E-state index contributed by atoms with van der Waals surface area (Å²) in [7, 11) is 0. The molecule has 0 bridgehead atoms. The van der Waals surface area contributed by atoms with Gasteiger partial charge >= 0.3 is 0 Å². The lowest BCUT2D eigenvalue weighted by Crippen LogP contribution is -2.49. The standard InChI is InChI=1S/C34H38N4O/c1-24-10-9-13-28(22-24)31-35-25(2)30(23-26-11-7-6-8-12-26)32(36-31)37-18-20-38(21-19-37)33(39)27-14-16-29(17-15-27)34(3,4)5/h6-17,22H,18-21,23H2,1-5H3. The van der Waals surface area contributed by atoms with E-state index in [4.69, 9.17) is 9.97 Å². The number of benzene rings is 3. The first-order chi connectivity index (χ1) is 18.7. The Bertz CT molecular complexity index is 1450. The number of carbonyl (C=O) groups is 1. The number of aromatic nitrogens is 2. The largest absolute Gasteiger partial charge is 0.353 e. The van der Waals surface area contributed by atoms with Gasteiger partial charge in [-0.1, -0.05) is 87.0 Å². The van der Waals surface area contributed by atoms with Gasteiger partial charge in [0.25, 0.3) is 5.91 Å². The van der Waals surface area contributed by atoms with E-state index in [1.165, 1.54) is 16.7 Å². The fraction of sp³-hybridized carbons (Fsp3) is 0.324. The fourth-order valence-corrected chi connectivity index (χ4v) is 5.18. The average molecular weight is 519 g/mol.